The van der Waals surface area contributed by atoms with Crippen LogP contribution in [0.25, 0.3) is 0 Å². The molecule has 1 atom stereocenters. The monoisotopic (exact) mass is 184 g/mol. The van der Waals surface area contributed by atoms with Gasteiger partial charge in [0.15, 0.2) is 0 Å². The zero-order valence-electron chi connectivity index (χ0n) is 8.46. The second-order valence-electron chi connectivity index (χ2n) is 4.23. The van der Waals surface area contributed by atoms with Gasteiger partial charge in [0.1, 0.15) is 0 Å². The minimum atomic E-state index is -0.620. The van der Waals surface area contributed by atoms with Gasteiger partial charge in [0.2, 0.25) is 0 Å². The lowest BCUT2D eigenvalue weighted by Crippen LogP contribution is -2.21. The molecule has 0 aliphatic heterocycles. The van der Waals surface area contributed by atoms with Gasteiger partial charge in [0, 0.05) is 0 Å². The predicted octanol–water partition coefficient (Wildman–Crippen LogP) is 3.07. The van der Waals surface area contributed by atoms with Crippen molar-refractivity contribution in [2.75, 3.05) is 0 Å². The van der Waals surface area contributed by atoms with E-state index in [1.165, 1.54) is 32.1 Å². The molecule has 1 fully saturated rings. The Kier molecular flexibility index (Phi) is 4.26. The molecule has 13 heavy (non-hydrogen) atoms. The van der Waals surface area contributed by atoms with Gasteiger partial charge >= 0.3 is 5.97 Å². The van der Waals surface area contributed by atoms with E-state index in [4.69, 9.17) is 5.11 Å². The van der Waals surface area contributed by atoms with Crippen LogP contribution in [-0.4, -0.2) is 11.1 Å². The van der Waals surface area contributed by atoms with Gasteiger partial charge in [-0.2, -0.15) is 0 Å². The second-order valence-corrected chi connectivity index (χ2v) is 4.23. The van der Waals surface area contributed by atoms with Crippen molar-refractivity contribution < 1.29 is 9.90 Å². The van der Waals surface area contributed by atoms with Crippen molar-refractivity contribution in [1.82, 2.24) is 0 Å². The topological polar surface area (TPSA) is 37.3 Å². The van der Waals surface area contributed by atoms with Crippen molar-refractivity contribution in [1.29, 1.82) is 0 Å². The highest BCUT2D eigenvalue weighted by Crippen LogP contribution is 2.28. The molecule has 1 aliphatic carbocycles. The molecule has 0 aromatic carbocycles. The van der Waals surface area contributed by atoms with Crippen LogP contribution in [0.2, 0.25) is 0 Å². The van der Waals surface area contributed by atoms with Crippen LogP contribution < -0.4 is 0 Å². The van der Waals surface area contributed by atoms with E-state index in [2.05, 4.69) is 0 Å². The van der Waals surface area contributed by atoms with Crippen LogP contribution in [0.5, 0.6) is 0 Å². The van der Waals surface area contributed by atoms with E-state index in [9.17, 15) is 4.79 Å². The molecule has 0 saturated heterocycles. The molecule has 0 radical (unpaired) electrons. The van der Waals surface area contributed by atoms with Crippen LogP contribution in [0.1, 0.15) is 51.9 Å². The maximum atomic E-state index is 10.8. The molecule has 0 spiro atoms. The normalized spacial score (nSPS) is 23.2. The minimum Gasteiger partial charge on any atom is -0.481 e. The largest absolute Gasteiger partial charge is 0.481 e. The Morgan fingerprint density at radius 3 is 2.08 bits per heavy atom. The van der Waals surface area contributed by atoms with Crippen molar-refractivity contribution in [3.8, 4) is 0 Å². The number of aliphatic carboxylic acids is 1. The summed E-state index contributed by atoms with van der Waals surface area (Å²) < 4.78 is 0. The molecule has 1 unspecified atom stereocenters. The third-order valence-electron chi connectivity index (χ3n) is 3.25. The molecule has 76 valence electrons. The van der Waals surface area contributed by atoms with E-state index >= 15 is 0 Å². The van der Waals surface area contributed by atoms with Crippen LogP contribution in [0, 0.1) is 11.8 Å². The van der Waals surface area contributed by atoms with Crippen LogP contribution in [0.4, 0.5) is 0 Å². The molecular formula is C11H20O2. The Bertz CT molecular complexity index is 157. The molecule has 2 nitrogen and oxygen atoms in total. The Morgan fingerprint density at radius 1 is 1.15 bits per heavy atom. The highest BCUT2D eigenvalue weighted by Gasteiger charge is 2.23. The molecule has 0 bridgehead atoms. The molecular weight excluding hydrogens is 164 g/mol. The smallest absolute Gasteiger partial charge is 0.306 e. The SMILES string of the molecule is CC(C(=O)O)C1CCCCCCC1. The summed E-state index contributed by atoms with van der Waals surface area (Å²) in [5.41, 5.74) is 0. The Morgan fingerprint density at radius 2 is 1.62 bits per heavy atom. The molecule has 1 saturated carbocycles. The van der Waals surface area contributed by atoms with Gasteiger partial charge in [0.05, 0.1) is 5.92 Å². The zero-order valence-corrected chi connectivity index (χ0v) is 8.46. The number of rotatable bonds is 2. The van der Waals surface area contributed by atoms with Gasteiger partial charge in [-0.15, -0.1) is 0 Å². The van der Waals surface area contributed by atoms with Crippen LogP contribution in [-0.2, 0) is 4.79 Å². The van der Waals surface area contributed by atoms with Crippen LogP contribution in [0.3, 0.4) is 0 Å². The molecule has 2 heteroatoms. The first-order valence-electron chi connectivity index (χ1n) is 5.44. The van der Waals surface area contributed by atoms with Crippen LogP contribution >= 0.6 is 0 Å². The fourth-order valence-corrected chi connectivity index (χ4v) is 2.19. The van der Waals surface area contributed by atoms with Crippen LogP contribution in [0.15, 0.2) is 0 Å². The zero-order chi connectivity index (χ0) is 9.68. The van der Waals surface area contributed by atoms with Gasteiger partial charge in [-0.1, -0.05) is 39.0 Å². The summed E-state index contributed by atoms with van der Waals surface area (Å²) in [6, 6.07) is 0. The predicted molar refractivity (Wildman–Crippen MR) is 52.6 cm³/mol. The maximum absolute atomic E-state index is 10.8. The lowest BCUT2D eigenvalue weighted by atomic mass is 9.83. The fraction of sp³-hybridized carbons (Fsp3) is 0.909. The minimum absolute atomic E-state index is 0.141. The van der Waals surface area contributed by atoms with Crippen molar-refractivity contribution in [3.05, 3.63) is 0 Å². The van der Waals surface area contributed by atoms with E-state index in [0.29, 0.717) is 5.92 Å². The second kappa shape index (κ2) is 5.25. The first kappa shape index (κ1) is 10.6. The van der Waals surface area contributed by atoms with E-state index in [1.807, 2.05) is 6.92 Å². The summed E-state index contributed by atoms with van der Waals surface area (Å²) in [6.45, 7) is 1.86. The first-order valence-corrected chi connectivity index (χ1v) is 5.44. The van der Waals surface area contributed by atoms with E-state index < -0.39 is 5.97 Å². The molecule has 0 amide bonds. The Hall–Kier alpha value is -0.530. The summed E-state index contributed by atoms with van der Waals surface area (Å²) in [5, 5.41) is 8.90. The highest BCUT2D eigenvalue weighted by molar-refractivity contribution is 5.69. The molecule has 1 N–H and O–H groups in total. The van der Waals surface area contributed by atoms with Gasteiger partial charge in [0.25, 0.3) is 0 Å². The van der Waals surface area contributed by atoms with Crippen molar-refractivity contribution in [2.45, 2.75) is 51.9 Å². The molecule has 0 aromatic rings. The third kappa shape index (κ3) is 3.37. The molecule has 1 aliphatic rings. The van der Waals surface area contributed by atoms with Gasteiger partial charge in [-0.3, -0.25) is 4.79 Å². The van der Waals surface area contributed by atoms with Crippen molar-refractivity contribution >= 4 is 5.97 Å². The summed E-state index contributed by atoms with van der Waals surface area (Å²) >= 11 is 0. The Balaban J connectivity index is 2.40. The molecule has 0 aromatic heterocycles. The Labute approximate surface area is 80.3 Å². The quantitative estimate of drug-likeness (QED) is 0.716. The fourth-order valence-electron chi connectivity index (χ4n) is 2.19. The number of carboxylic acid groups (broad SMARTS) is 1. The summed E-state index contributed by atoms with van der Waals surface area (Å²) in [7, 11) is 0. The van der Waals surface area contributed by atoms with Gasteiger partial charge < -0.3 is 5.11 Å². The summed E-state index contributed by atoms with van der Waals surface area (Å²) in [6.07, 6.45) is 8.62. The van der Waals surface area contributed by atoms with E-state index in [0.717, 1.165) is 12.8 Å². The molecule has 0 heterocycles. The lowest BCUT2D eigenvalue weighted by molar-refractivity contribution is -0.143. The summed E-state index contributed by atoms with van der Waals surface area (Å²) in [5.74, 6) is -0.332. The average molecular weight is 184 g/mol. The third-order valence-corrected chi connectivity index (χ3v) is 3.25. The van der Waals surface area contributed by atoms with Gasteiger partial charge in [-0.05, 0) is 18.8 Å². The standard InChI is InChI=1S/C11H20O2/c1-9(11(12)13)10-7-5-3-2-4-6-8-10/h9-10H,2-8H2,1H3,(H,12,13). The first-order chi connectivity index (χ1) is 6.22. The van der Waals surface area contributed by atoms with E-state index in [-0.39, 0.29) is 5.92 Å². The summed E-state index contributed by atoms with van der Waals surface area (Å²) in [4.78, 5) is 10.8. The number of hydrogen-bond donors (Lipinski definition) is 1. The molecule has 1 rings (SSSR count). The number of hydrogen-bond acceptors (Lipinski definition) is 1. The van der Waals surface area contributed by atoms with Crippen molar-refractivity contribution in [3.63, 3.8) is 0 Å². The number of carboxylic acids is 1. The van der Waals surface area contributed by atoms with E-state index in [1.54, 1.807) is 0 Å². The maximum Gasteiger partial charge on any atom is 0.306 e. The number of carbonyl (C=O) groups is 1. The average Bonchev–Trinajstić information content (AvgIpc) is 2.02. The lowest BCUT2D eigenvalue weighted by Gasteiger charge is -2.22. The van der Waals surface area contributed by atoms with Crippen molar-refractivity contribution in [2.24, 2.45) is 11.8 Å². The van der Waals surface area contributed by atoms with Gasteiger partial charge in [-0.25, -0.2) is 0 Å². The highest BCUT2D eigenvalue weighted by atomic mass is 16.4.